The van der Waals surface area contributed by atoms with E-state index in [1.54, 1.807) is 0 Å². The van der Waals surface area contributed by atoms with Gasteiger partial charge in [0, 0.05) is 25.2 Å². The maximum absolute atomic E-state index is 5.72. The lowest BCUT2D eigenvalue weighted by atomic mass is 10.1. The third-order valence-electron chi connectivity index (χ3n) is 3.06. The third-order valence-corrected chi connectivity index (χ3v) is 3.06. The predicted molar refractivity (Wildman–Crippen MR) is 61.3 cm³/mol. The minimum Gasteiger partial charge on any atom is -0.373 e. The highest BCUT2D eigenvalue weighted by Crippen LogP contribution is 2.18. The molecule has 16 heavy (non-hydrogen) atoms. The first kappa shape index (κ1) is 11.6. The average Bonchev–Trinajstić information content (AvgIpc) is 2.48. The van der Waals surface area contributed by atoms with Crippen molar-refractivity contribution in [3.8, 4) is 0 Å². The van der Waals surface area contributed by atoms with Crippen LogP contribution in [0.3, 0.4) is 0 Å². The van der Waals surface area contributed by atoms with Gasteiger partial charge in [0.1, 0.15) is 5.76 Å². The first-order valence-corrected chi connectivity index (χ1v) is 5.86. The van der Waals surface area contributed by atoms with Crippen LogP contribution in [-0.2, 0) is 11.3 Å². The van der Waals surface area contributed by atoms with Crippen molar-refractivity contribution in [2.75, 3.05) is 13.1 Å². The van der Waals surface area contributed by atoms with Gasteiger partial charge < -0.3 is 9.26 Å². The SMILES string of the molecule is Cc1noc(C)c1CN1CC(C)OC(C)C1. The molecule has 0 aromatic carbocycles. The van der Waals surface area contributed by atoms with Crippen LogP contribution in [0.1, 0.15) is 30.9 Å². The van der Waals surface area contributed by atoms with Crippen molar-refractivity contribution in [3.63, 3.8) is 0 Å². The number of aromatic nitrogens is 1. The highest BCUT2D eigenvalue weighted by atomic mass is 16.5. The minimum absolute atomic E-state index is 0.309. The van der Waals surface area contributed by atoms with E-state index in [9.17, 15) is 0 Å². The van der Waals surface area contributed by atoms with Gasteiger partial charge >= 0.3 is 0 Å². The van der Waals surface area contributed by atoms with Crippen LogP contribution in [0.5, 0.6) is 0 Å². The van der Waals surface area contributed by atoms with Gasteiger partial charge in [-0.25, -0.2) is 0 Å². The minimum atomic E-state index is 0.309. The summed E-state index contributed by atoms with van der Waals surface area (Å²) >= 11 is 0. The van der Waals surface area contributed by atoms with E-state index >= 15 is 0 Å². The van der Waals surface area contributed by atoms with Crippen molar-refractivity contribution in [3.05, 3.63) is 17.0 Å². The van der Waals surface area contributed by atoms with Crippen molar-refractivity contribution in [1.29, 1.82) is 0 Å². The molecule has 2 unspecified atom stereocenters. The fourth-order valence-electron chi connectivity index (χ4n) is 2.36. The van der Waals surface area contributed by atoms with E-state index in [-0.39, 0.29) is 0 Å². The summed E-state index contributed by atoms with van der Waals surface area (Å²) in [5.74, 6) is 0.935. The van der Waals surface area contributed by atoms with Gasteiger partial charge in [0.25, 0.3) is 0 Å². The molecule has 1 aliphatic heterocycles. The number of nitrogens with zero attached hydrogens (tertiary/aromatic N) is 2. The Morgan fingerprint density at radius 1 is 1.25 bits per heavy atom. The van der Waals surface area contributed by atoms with E-state index < -0.39 is 0 Å². The Hall–Kier alpha value is -0.870. The average molecular weight is 224 g/mol. The van der Waals surface area contributed by atoms with E-state index in [1.807, 2.05) is 13.8 Å². The standard InChI is InChI=1S/C12H20N2O2/c1-8-5-14(6-9(2)15-8)7-12-10(3)13-16-11(12)4/h8-9H,5-7H2,1-4H3. The van der Waals surface area contributed by atoms with Crippen molar-refractivity contribution >= 4 is 0 Å². The summed E-state index contributed by atoms with van der Waals surface area (Å²) < 4.78 is 10.9. The Morgan fingerprint density at radius 2 is 1.88 bits per heavy atom. The maximum Gasteiger partial charge on any atom is 0.138 e. The Morgan fingerprint density at radius 3 is 2.38 bits per heavy atom. The van der Waals surface area contributed by atoms with E-state index in [2.05, 4.69) is 23.9 Å². The van der Waals surface area contributed by atoms with Crippen molar-refractivity contribution < 1.29 is 9.26 Å². The molecule has 4 nitrogen and oxygen atoms in total. The van der Waals surface area contributed by atoms with Crippen LogP contribution in [0, 0.1) is 13.8 Å². The maximum atomic E-state index is 5.72. The Balaban J connectivity index is 2.04. The molecular formula is C12H20N2O2. The summed E-state index contributed by atoms with van der Waals surface area (Å²) in [4.78, 5) is 2.41. The fourth-order valence-corrected chi connectivity index (χ4v) is 2.36. The van der Waals surface area contributed by atoms with Gasteiger partial charge in [-0.2, -0.15) is 0 Å². The number of aryl methyl sites for hydroxylation is 2. The van der Waals surface area contributed by atoms with Gasteiger partial charge in [0.05, 0.1) is 17.9 Å². The van der Waals surface area contributed by atoms with E-state index in [0.717, 1.165) is 31.1 Å². The molecule has 1 fully saturated rings. The van der Waals surface area contributed by atoms with Crippen molar-refractivity contribution in [2.24, 2.45) is 0 Å². The molecule has 1 aliphatic rings. The normalized spacial score (nSPS) is 27.2. The first-order chi connectivity index (χ1) is 7.56. The van der Waals surface area contributed by atoms with Crippen LogP contribution in [0.25, 0.3) is 0 Å². The molecule has 0 N–H and O–H groups in total. The fraction of sp³-hybridized carbons (Fsp3) is 0.750. The lowest BCUT2D eigenvalue weighted by Crippen LogP contribution is -2.44. The second kappa shape index (κ2) is 4.55. The van der Waals surface area contributed by atoms with Crippen LogP contribution < -0.4 is 0 Å². The number of ether oxygens (including phenoxy) is 1. The quantitative estimate of drug-likeness (QED) is 0.769. The monoisotopic (exact) mass is 224 g/mol. The highest BCUT2D eigenvalue weighted by molar-refractivity contribution is 5.20. The van der Waals surface area contributed by atoms with E-state index in [4.69, 9.17) is 9.26 Å². The zero-order valence-electron chi connectivity index (χ0n) is 10.5. The number of rotatable bonds is 2. The molecule has 0 bridgehead atoms. The Labute approximate surface area is 96.5 Å². The molecule has 0 spiro atoms. The van der Waals surface area contributed by atoms with Gasteiger partial charge in [0.2, 0.25) is 0 Å². The highest BCUT2D eigenvalue weighted by Gasteiger charge is 2.23. The molecule has 0 aliphatic carbocycles. The smallest absolute Gasteiger partial charge is 0.138 e. The van der Waals surface area contributed by atoms with Crippen LogP contribution in [-0.4, -0.2) is 35.4 Å². The molecule has 0 saturated carbocycles. The first-order valence-electron chi connectivity index (χ1n) is 5.86. The lowest BCUT2D eigenvalue weighted by molar-refractivity contribution is -0.0706. The topological polar surface area (TPSA) is 38.5 Å². The van der Waals surface area contributed by atoms with Gasteiger partial charge in [-0.05, 0) is 27.7 Å². The lowest BCUT2D eigenvalue weighted by Gasteiger charge is -2.35. The number of hydrogen-bond acceptors (Lipinski definition) is 4. The molecule has 1 aromatic rings. The van der Waals surface area contributed by atoms with Crippen LogP contribution in [0.4, 0.5) is 0 Å². The van der Waals surface area contributed by atoms with Crippen LogP contribution in [0.15, 0.2) is 4.52 Å². The van der Waals surface area contributed by atoms with Crippen LogP contribution in [0.2, 0.25) is 0 Å². The summed E-state index contributed by atoms with van der Waals surface area (Å²) in [6, 6.07) is 0. The van der Waals surface area contributed by atoms with Gasteiger partial charge in [-0.3, -0.25) is 4.90 Å². The molecule has 90 valence electrons. The van der Waals surface area contributed by atoms with Crippen molar-refractivity contribution in [2.45, 2.75) is 46.4 Å². The summed E-state index contributed by atoms with van der Waals surface area (Å²) in [6.07, 6.45) is 0.619. The summed E-state index contributed by atoms with van der Waals surface area (Å²) in [5.41, 5.74) is 2.23. The van der Waals surface area contributed by atoms with E-state index in [0.29, 0.717) is 12.2 Å². The summed E-state index contributed by atoms with van der Waals surface area (Å²) in [7, 11) is 0. The molecule has 1 aromatic heterocycles. The largest absolute Gasteiger partial charge is 0.373 e. The third kappa shape index (κ3) is 2.44. The van der Waals surface area contributed by atoms with Gasteiger partial charge in [-0.15, -0.1) is 0 Å². The van der Waals surface area contributed by atoms with Crippen LogP contribution >= 0.6 is 0 Å². The van der Waals surface area contributed by atoms with Crippen molar-refractivity contribution in [1.82, 2.24) is 10.1 Å². The number of morpholine rings is 1. The van der Waals surface area contributed by atoms with E-state index in [1.165, 1.54) is 5.56 Å². The molecule has 2 heterocycles. The van der Waals surface area contributed by atoms with Gasteiger partial charge in [0.15, 0.2) is 0 Å². The molecule has 0 amide bonds. The molecule has 0 radical (unpaired) electrons. The molecule has 4 heteroatoms. The Bertz CT molecular complexity index is 332. The molecule has 2 rings (SSSR count). The number of hydrogen-bond donors (Lipinski definition) is 0. The second-order valence-electron chi connectivity index (χ2n) is 4.75. The molecule has 2 atom stereocenters. The predicted octanol–water partition coefficient (Wildman–Crippen LogP) is 1.90. The zero-order chi connectivity index (χ0) is 11.7. The summed E-state index contributed by atoms with van der Waals surface area (Å²) in [5, 5.41) is 3.99. The molecular weight excluding hydrogens is 204 g/mol. The second-order valence-corrected chi connectivity index (χ2v) is 4.75. The zero-order valence-corrected chi connectivity index (χ0v) is 10.5. The Kier molecular flexibility index (Phi) is 3.30. The summed E-state index contributed by atoms with van der Waals surface area (Å²) in [6.45, 7) is 11.1. The molecule has 1 saturated heterocycles. The van der Waals surface area contributed by atoms with Gasteiger partial charge in [-0.1, -0.05) is 5.16 Å².